The number of rotatable bonds is 3. The third-order valence-electron chi connectivity index (χ3n) is 4.13. The lowest BCUT2D eigenvalue weighted by Crippen LogP contribution is -2.39. The number of hydrogen-bond donors (Lipinski definition) is 2. The normalized spacial score (nSPS) is 13.7. The predicted molar refractivity (Wildman–Crippen MR) is 100.0 cm³/mol. The van der Waals surface area contributed by atoms with Gasteiger partial charge in [-0.2, -0.15) is 5.10 Å². The first kappa shape index (κ1) is 18.8. The molecule has 0 unspecified atom stereocenters. The van der Waals surface area contributed by atoms with Gasteiger partial charge in [-0.25, -0.2) is 9.59 Å². The number of nitrogens with one attached hydrogen (secondary N) is 2. The maximum Gasteiger partial charge on any atom is 0.410 e. The van der Waals surface area contributed by atoms with Gasteiger partial charge in [0.05, 0.1) is 19.2 Å². The highest BCUT2D eigenvalue weighted by atomic mass is 16.6. The van der Waals surface area contributed by atoms with Crippen LogP contribution in [0, 0.1) is 0 Å². The molecule has 1 aromatic carbocycles. The van der Waals surface area contributed by atoms with E-state index in [9.17, 15) is 9.59 Å². The Morgan fingerprint density at radius 1 is 1.30 bits per heavy atom. The lowest BCUT2D eigenvalue weighted by atomic mass is 10.1. The molecule has 2 aromatic rings. The molecule has 0 spiro atoms. The van der Waals surface area contributed by atoms with Crippen molar-refractivity contribution in [2.24, 2.45) is 0 Å². The Bertz CT molecular complexity index is 854. The van der Waals surface area contributed by atoms with E-state index in [1.165, 1.54) is 7.11 Å². The van der Waals surface area contributed by atoms with Crippen LogP contribution in [0.25, 0.3) is 0 Å². The Hall–Kier alpha value is -3.03. The molecule has 1 aliphatic rings. The van der Waals surface area contributed by atoms with Gasteiger partial charge in [0, 0.05) is 29.9 Å². The SMILES string of the molecule is COC(=O)c1cccc(Nc2n[nH]c3c2CN(C(=O)OC(C)(C)C)CC3)c1. The van der Waals surface area contributed by atoms with Crippen molar-refractivity contribution in [3.8, 4) is 0 Å². The highest BCUT2D eigenvalue weighted by Crippen LogP contribution is 2.27. The molecular formula is C19H24N4O4. The van der Waals surface area contributed by atoms with Crippen molar-refractivity contribution in [2.75, 3.05) is 19.0 Å². The highest BCUT2D eigenvalue weighted by molar-refractivity contribution is 5.90. The molecular weight excluding hydrogens is 348 g/mol. The van der Waals surface area contributed by atoms with E-state index in [0.29, 0.717) is 36.6 Å². The number of carbonyl (C=O) groups excluding carboxylic acids is 2. The van der Waals surface area contributed by atoms with Gasteiger partial charge in [0.15, 0.2) is 5.82 Å². The van der Waals surface area contributed by atoms with E-state index < -0.39 is 11.6 Å². The Labute approximate surface area is 157 Å². The third-order valence-corrected chi connectivity index (χ3v) is 4.13. The smallest absolute Gasteiger partial charge is 0.410 e. The van der Waals surface area contributed by atoms with Crippen LogP contribution in [-0.2, 0) is 22.4 Å². The van der Waals surface area contributed by atoms with Gasteiger partial charge < -0.3 is 19.7 Å². The van der Waals surface area contributed by atoms with Crippen molar-refractivity contribution in [1.29, 1.82) is 0 Å². The number of ether oxygens (including phenoxy) is 2. The molecule has 0 saturated heterocycles. The zero-order chi connectivity index (χ0) is 19.6. The van der Waals surface area contributed by atoms with Crippen LogP contribution < -0.4 is 5.32 Å². The number of hydrogen-bond acceptors (Lipinski definition) is 6. The van der Waals surface area contributed by atoms with Crippen LogP contribution >= 0.6 is 0 Å². The number of aromatic amines is 1. The minimum Gasteiger partial charge on any atom is -0.465 e. The number of carbonyl (C=O) groups is 2. The molecule has 144 valence electrons. The van der Waals surface area contributed by atoms with Gasteiger partial charge in [0.1, 0.15) is 5.60 Å². The van der Waals surface area contributed by atoms with Gasteiger partial charge in [-0.05, 0) is 39.0 Å². The minimum absolute atomic E-state index is 0.340. The average Bonchev–Trinajstić information content (AvgIpc) is 3.02. The van der Waals surface area contributed by atoms with Gasteiger partial charge in [0.2, 0.25) is 0 Å². The molecule has 0 radical (unpaired) electrons. The van der Waals surface area contributed by atoms with Crippen LogP contribution in [0.5, 0.6) is 0 Å². The van der Waals surface area contributed by atoms with Crippen molar-refractivity contribution in [1.82, 2.24) is 15.1 Å². The number of aromatic nitrogens is 2. The third kappa shape index (κ3) is 4.39. The second kappa shape index (κ2) is 7.30. The van der Waals surface area contributed by atoms with E-state index in [2.05, 4.69) is 15.5 Å². The first-order chi connectivity index (χ1) is 12.8. The Morgan fingerprint density at radius 2 is 2.07 bits per heavy atom. The fourth-order valence-electron chi connectivity index (χ4n) is 2.86. The molecule has 0 aliphatic carbocycles. The maximum atomic E-state index is 12.4. The zero-order valence-corrected chi connectivity index (χ0v) is 16.0. The summed E-state index contributed by atoms with van der Waals surface area (Å²) < 4.78 is 10.2. The van der Waals surface area contributed by atoms with Crippen molar-refractivity contribution in [3.63, 3.8) is 0 Å². The summed E-state index contributed by atoms with van der Waals surface area (Å²) in [5, 5.41) is 10.6. The van der Waals surface area contributed by atoms with E-state index in [-0.39, 0.29) is 6.09 Å². The van der Waals surface area contributed by atoms with Crippen LogP contribution in [0.15, 0.2) is 24.3 Å². The molecule has 1 aromatic heterocycles. The number of fused-ring (bicyclic) bond motifs is 1. The molecule has 0 saturated carbocycles. The number of amides is 1. The van der Waals surface area contributed by atoms with E-state index in [4.69, 9.17) is 9.47 Å². The summed E-state index contributed by atoms with van der Waals surface area (Å²) in [5.74, 6) is 0.221. The second-order valence-electron chi connectivity index (χ2n) is 7.38. The Kier molecular flexibility index (Phi) is 5.07. The largest absolute Gasteiger partial charge is 0.465 e. The minimum atomic E-state index is -0.539. The van der Waals surface area contributed by atoms with Crippen LogP contribution in [0.2, 0.25) is 0 Å². The molecule has 27 heavy (non-hydrogen) atoms. The van der Waals surface area contributed by atoms with Crippen molar-refractivity contribution in [3.05, 3.63) is 41.1 Å². The van der Waals surface area contributed by atoms with E-state index in [1.54, 1.807) is 23.1 Å². The molecule has 1 amide bonds. The number of anilines is 2. The molecule has 8 heteroatoms. The number of H-pyrrole nitrogens is 1. The zero-order valence-electron chi connectivity index (χ0n) is 16.0. The summed E-state index contributed by atoms with van der Waals surface area (Å²) in [6.07, 6.45) is 0.332. The van der Waals surface area contributed by atoms with Crippen LogP contribution in [0.3, 0.4) is 0 Å². The molecule has 0 bridgehead atoms. The van der Waals surface area contributed by atoms with Gasteiger partial charge >= 0.3 is 12.1 Å². The predicted octanol–water partition coefficient (Wildman–Crippen LogP) is 3.23. The van der Waals surface area contributed by atoms with Gasteiger partial charge in [-0.15, -0.1) is 0 Å². The van der Waals surface area contributed by atoms with Crippen LogP contribution in [0.1, 0.15) is 42.4 Å². The van der Waals surface area contributed by atoms with E-state index >= 15 is 0 Å². The lowest BCUT2D eigenvalue weighted by molar-refractivity contribution is 0.0224. The number of methoxy groups -OCH3 is 1. The fourth-order valence-corrected chi connectivity index (χ4v) is 2.86. The summed E-state index contributed by atoms with van der Waals surface area (Å²) in [6, 6.07) is 6.98. The van der Waals surface area contributed by atoms with Gasteiger partial charge in [0.25, 0.3) is 0 Å². The number of esters is 1. The molecule has 3 rings (SSSR count). The summed E-state index contributed by atoms with van der Waals surface area (Å²) in [4.78, 5) is 25.7. The fraction of sp³-hybridized carbons (Fsp3) is 0.421. The second-order valence-corrected chi connectivity index (χ2v) is 7.38. The Balaban J connectivity index is 1.77. The maximum absolute atomic E-state index is 12.4. The topological polar surface area (TPSA) is 96.5 Å². The summed E-state index contributed by atoms with van der Waals surface area (Å²) in [7, 11) is 1.35. The molecule has 2 N–H and O–H groups in total. The monoisotopic (exact) mass is 372 g/mol. The van der Waals surface area contributed by atoms with Crippen molar-refractivity contribution < 1.29 is 19.1 Å². The van der Waals surface area contributed by atoms with Crippen molar-refractivity contribution in [2.45, 2.75) is 39.3 Å². The van der Waals surface area contributed by atoms with Crippen LogP contribution in [0.4, 0.5) is 16.3 Å². The lowest BCUT2D eigenvalue weighted by Gasteiger charge is -2.30. The first-order valence-corrected chi connectivity index (χ1v) is 8.76. The summed E-state index contributed by atoms with van der Waals surface area (Å²) in [5.41, 5.74) is 2.52. The van der Waals surface area contributed by atoms with E-state index in [1.807, 2.05) is 26.8 Å². The molecule has 2 heterocycles. The standard InChI is InChI=1S/C19H24N4O4/c1-19(2,3)27-18(25)23-9-8-15-14(11-23)16(22-21-15)20-13-7-5-6-12(10-13)17(24)26-4/h5-7,10H,8-9,11H2,1-4H3,(H2,20,21,22). The average molecular weight is 372 g/mol. The quantitative estimate of drug-likeness (QED) is 0.803. The highest BCUT2D eigenvalue weighted by Gasteiger charge is 2.28. The molecule has 0 fully saturated rings. The number of nitrogens with zero attached hydrogens (tertiary/aromatic N) is 2. The number of benzene rings is 1. The Morgan fingerprint density at radius 3 is 2.78 bits per heavy atom. The molecule has 8 nitrogen and oxygen atoms in total. The first-order valence-electron chi connectivity index (χ1n) is 8.76. The van der Waals surface area contributed by atoms with Crippen molar-refractivity contribution >= 4 is 23.6 Å². The van der Waals surface area contributed by atoms with Gasteiger partial charge in [-0.1, -0.05) is 6.07 Å². The van der Waals surface area contributed by atoms with Gasteiger partial charge in [-0.3, -0.25) is 5.10 Å². The molecule has 0 atom stereocenters. The van der Waals surface area contributed by atoms with E-state index in [0.717, 1.165) is 11.3 Å². The molecule has 1 aliphatic heterocycles. The summed E-state index contributed by atoms with van der Waals surface area (Å²) in [6.45, 7) is 6.51. The van der Waals surface area contributed by atoms with Crippen LogP contribution in [-0.4, -0.2) is 46.4 Å². The summed E-state index contributed by atoms with van der Waals surface area (Å²) >= 11 is 0.